The zero-order chi connectivity index (χ0) is 17.1. The summed E-state index contributed by atoms with van der Waals surface area (Å²) in [6, 6.07) is 11.8. The van der Waals surface area contributed by atoms with Crippen molar-refractivity contribution in [2.24, 2.45) is 0 Å². The van der Waals surface area contributed by atoms with Crippen molar-refractivity contribution < 1.29 is 18.3 Å². The van der Waals surface area contributed by atoms with Crippen molar-refractivity contribution in [2.75, 3.05) is 0 Å². The molecule has 4 nitrogen and oxygen atoms in total. The first kappa shape index (κ1) is 15.9. The first-order chi connectivity index (χ1) is 11.6. The fourth-order valence-corrected chi connectivity index (χ4v) is 2.54. The molecule has 24 heavy (non-hydrogen) atoms. The van der Waals surface area contributed by atoms with Crippen molar-refractivity contribution in [1.82, 2.24) is 0 Å². The van der Waals surface area contributed by atoms with Crippen LogP contribution < -0.4 is 10.4 Å². The molecule has 0 aliphatic carbocycles. The Labute approximate surface area is 137 Å². The first-order valence-electron chi connectivity index (χ1n) is 7.62. The maximum atomic E-state index is 13.6. The van der Waals surface area contributed by atoms with Gasteiger partial charge >= 0.3 is 11.6 Å². The van der Waals surface area contributed by atoms with Gasteiger partial charge in [0.05, 0.1) is 5.56 Å². The Hall–Kier alpha value is -2.95. The summed E-state index contributed by atoms with van der Waals surface area (Å²) in [5, 5.41) is 0.794. The van der Waals surface area contributed by atoms with Gasteiger partial charge in [-0.05, 0) is 36.2 Å². The van der Waals surface area contributed by atoms with Gasteiger partial charge in [-0.1, -0.05) is 25.5 Å². The molecule has 0 fully saturated rings. The lowest BCUT2D eigenvalue weighted by Crippen LogP contribution is -2.10. The maximum Gasteiger partial charge on any atom is 0.346 e. The van der Waals surface area contributed by atoms with E-state index < -0.39 is 17.4 Å². The van der Waals surface area contributed by atoms with Gasteiger partial charge in [-0.15, -0.1) is 0 Å². The van der Waals surface area contributed by atoms with Crippen LogP contribution in [-0.4, -0.2) is 5.97 Å². The Kier molecular flexibility index (Phi) is 4.42. The monoisotopic (exact) mass is 326 g/mol. The van der Waals surface area contributed by atoms with E-state index in [1.807, 2.05) is 6.92 Å². The van der Waals surface area contributed by atoms with E-state index in [1.54, 1.807) is 18.2 Å². The number of fused-ring (bicyclic) bond motifs is 1. The Morgan fingerprint density at radius 2 is 1.96 bits per heavy atom. The Bertz CT molecular complexity index is 959. The molecule has 2 aromatic carbocycles. The van der Waals surface area contributed by atoms with Crippen LogP contribution in [0.4, 0.5) is 4.39 Å². The highest BCUT2D eigenvalue weighted by Gasteiger charge is 2.14. The molecule has 0 atom stereocenters. The summed E-state index contributed by atoms with van der Waals surface area (Å²) >= 11 is 0. The van der Waals surface area contributed by atoms with Crippen LogP contribution in [0.25, 0.3) is 11.0 Å². The largest absolute Gasteiger partial charge is 0.423 e. The number of hydrogen-bond donors (Lipinski definition) is 0. The molecular weight excluding hydrogens is 311 g/mol. The van der Waals surface area contributed by atoms with Gasteiger partial charge in [0.15, 0.2) is 0 Å². The number of halogens is 1. The highest BCUT2D eigenvalue weighted by Crippen LogP contribution is 2.24. The van der Waals surface area contributed by atoms with Gasteiger partial charge in [-0.25, -0.2) is 14.0 Å². The molecule has 0 spiro atoms. The summed E-state index contributed by atoms with van der Waals surface area (Å²) in [6.07, 6.45) is 1.64. The topological polar surface area (TPSA) is 56.5 Å². The average molecular weight is 326 g/mol. The molecule has 0 N–H and O–H groups in total. The van der Waals surface area contributed by atoms with Crippen molar-refractivity contribution in [3.8, 4) is 5.75 Å². The Balaban J connectivity index is 1.95. The summed E-state index contributed by atoms with van der Waals surface area (Å²) in [6.45, 7) is 2.02. The maximum absolute atomic E-state index is 13.6. The molecule has 3 rings (SSSR count). The van der Waals surface area contributed by atoms with Crippen LogP contribution in [0, 0.1) is 5.82 Å². The number of carbonyl (C=O) groups excluding carboxylic acids is 1. The number of esters is 1. The van der Waals surface area contributed by atoms with E-state index in [9.17, 15) is 14.0 Å². The molecular formula is C19H15FO4. The normalized spacial score (nSPS) is 10.8. The first-order valence-corrected chi connectivity index (χ1v) is 7.62. The quantitative estimate of drug-likeness (QED) is 0.411. The van der Waals surface area contributed by atoms with Gasteiger partial charge in [0.25, 0.3) is 0 Å². The zero-order valence-corrected chi connectivity index (χ0v) is 13.0. The molecule has 1 aromatic heterocycles. The van der Waals surface area contributed by atoms with Gasteiger partial charge < -0.3 is 9.15 Å². The van der Waals surface area contributed by atoms with E-state index >= 15 is 0 Å². The molecule has 0 amide bonds. The second-order valence-electron chi connectivity index (χ2n) is 5.37. The van der Waals surface area contributed by atoms with E-state index in [4.69, 9.17) is 9.15 Å². The van der Waals surface area contributed by atoms with E-state index in [1.165, 1.54) is 30.3 Å². The third-order valence-corrected chi connectivity index (χ3v) is 3.63. The molecule has 0 unspecified atom stereocenters. The molecule has 1 heterocycles. The van der Waals surface area contributed by atoms with Gasteiger partial charge in [-0.2, -0.15) is 0 Å². The van der Waals surface area contributed by atoms with Gasteiger partial charge in [0.1, 0.15) is 17.1 Å². The second-order valence-corrected chi connectivity index (χ2v) is 5.37. The summed E-state index contributed by atoms with van der Waals surface area (Å²) in [7, 11) is 0. The number of carbonyl (C=O) groups is 1. The van der Waals surface area contributed by atoms with E-state index in [0.29, 0.717) is 5.58 Å². The molecule has 0 saturated heterocycles. The van der Waals surface area contributed by atoms with Crippen molar-refractivity contribution >= 4 is 16.9 Å². The fourth-order valence-electron chi connectivity index (χ4n) is 2.54. The zero-order valence-electron chi connectivity index (χ0n) is 13.0. The molecule has 0 bridgehead atoms. The Morgan fingerprint density at radius 3 is 2.71 bits per heavy atom. The van der Waals surface area contributed by atoms with Crippen molar-refractivity contribution in [2.45, 2.75) is 19.8 Å². The standard InChI is InChI=1S/C19H15FO4/c1-2-5-12-10-18(21)24-17-11-13(8-9-14(12)17)23-19(22)15-6-3-4-7-16(15)20/h3-4,6-11H,2,5H2,1H3. The van der Waals surface area contributed by atoms with Crippen LogP contribution >= 0.6 is 0 Å². The van der Waals surface area contributed by atoms with Crippen LogP contribution in [0.3, 0.4) is 0 Å². The van der Waals surface area contributed by atoms with Crippen LogP contribution in [-0.2, 0) is 6.42 Å². The number of aryl methyl sites for hydroxylation is 1. The van der Waals surface area contributed by atoms with Gasteiger partial charge in [0.2, 0.25) is 0 Å². The third kappa shape index (κ3) is 3.20. The minimum absolute atomic E-state index is 0.154. The number of benzene rings is 2. The van der Waals surface area contributed by atoms with Crippen molar-refractivity contribution in [3.05, 3.63) is 75.9 Å². The molecule has 122 valence electrons. The van der Waals surface area contributed by atoms with Crippen LogP contribution in [0.5, 0.6) is 5.75 Å². The highest BCUT2D eigenvalue weighted by atomic mass is 19.1. The SMILES string of the molecule is CCCc1cc(=O)oc2cc(OC(=O)c3ccccc3F)ccc12. The summed E-state index contributed by atoms with van der Waals surface area (Å²) < 4.78 is 24.0. The number of ether oxygens (including phenoxy) is 1. The highest BCUT2D eigenvalue weighted by molar-refractivity contribution is 5.92. The molecule has 0 aliphatic rings. The molecule has 3 aromatic rings. The van der Waals surface area contributed by atoms with E-state index in [-0.39, 0.29) is 11.3 Å². The van der Waals surface area contributed by atoms with Crippen molar-refractivity contribution in [1.29, 1.82) is 0 Å². The predicted molar refractivity (Wildman–Crippen MR) is 87.8 cm³/mol. The van der Waals surface area contributed by atoms with Crippen LogP contribution in [0.1, 0.15) is 29.3 Å². The molecule has 0 saturated carbocycles. The summed E-state index contributed by atoms with van der Waals surface area (Å²) in [5.41, 5.74) is 0.614. The smallest absolute Gasteiger partial charge is 0.346 e. The predicted octanol–water partition coefficient (Wildman–Crippen LogP) is 4.10. The molecule has 0 aliphatic heterocycles. The molecule has 5 heteroatoms. The lowest BCUT2D eigenvalue weighted by Gasteiger charge is -2.08. The summed E-state index contributed by atoms with van der Waals surface area (Å²) in [4.78, 5) is 23.7. The van der Waals surface area contributed by atoms with E-state index in [2.05, 4.69) is 0 Å². The van der Waals surface area contributed by atoms with Gasteiger partial charge in [0, 0.05) is 17.5 Å². The minimum Gasteiger partial charge on any atom is -0.423 e. The van der Waals surface area contributed by atoms with Crippen LogP contribution in [0.15, 0.2) is 57.7 Å². The Morgan fingerprint density at radius 1 is 1.17 bits per heavy atom. The summed E-state index contributed by atoms with van der Waals surface area (Å²) in [5.74, 6) is -1.27. The minimum atomic E-state index is -0.806. The van der Waals surface area contributed by atoms with Crippen molar-refractivity contribution in [3.63, 3.8) is 0 Å². The van der Waals surface area contributed by atoms with E-state index in [0.717, 1.165) is 23.8 Å². The number of rotatable bonds is 4. The molecule has 0 radical (unpaired) electrons. The average Bonchev–Trinajstić information content (AvgIpc) is 2.55. The lowest BCUT2D eigenvalue weighted by atomic mass is 10.1. The fraction of sp³-hybridized carbons (Fsp3) is 0.158. The number of hydrogen-bond acceptors (Lipinski definition) is 4. The second kappa shape index (κ2) is 6.66. The van der Waals surface area contributed by atoms with Crippen LogP contribution in [0.2, 0.25) is 0 Å². The van der Waals surface area contributed by atoms with Gasteiger partial charge in [-0.3, -0.25) is 0 Å². The third-order valence-electron chi connectivity index (χ3n) is 3.63. The lowest BCUT2D eigenvalue weighted by molar-refractivity contribution is 0.0730.